The molecule has 0 fully saturated rings. The molecule has 0 radical (unpaired) electrons. The van der Waals surface area contributed by atoms with E-state index in [1.807, 2.05) is 17.6 Å². The number of aromatic nitrogens is 3. The summed E-state index contributed by atoms with van der Waals surface area (Å²) in [7, 11) is 1.58. The van der Waals surface area contributed by atoms with Gasteiger partial charge in [-0.1, -0.05) is 19.4 Å². The lowest BCUT2D eigenvalue weighted by molar-refractivity contribution is 0.0763. The number of benzene rings is 1. The first-order valence-electron chi connectivity index (χ1n) is 10.3. The van der Waals surface area contributed by atoms with Crippen molar-refractivity contribution in [2.75, 3.05) is 13.7 Å². The summed E-state index contributed by atoms with van der Waals surface area (Å²) in [6, 6.07) is 10.0. The van der Waals surface area contributed by atoms with Crippen molar-refractivity contribution >= 4 is 5.91 Å². The van der Waals surface area contributed by atoms with Crippen LogP contribution in [0.1, 0.15) is 41.8 Å². The third-order valence-corrected chi connectivity index (χ3v) is 5.21. The average molecular weight is 424 g/mol. The fourth-order valence-corrected chi connectivity index (χ4v) is 3.72. The number of carbonyl (C=O) groups excluding carboxylic acids is 1. The number of nitrogens with zero attached hydrogens (tertiary/aromatic N) is 4. The third-order valence-electron chi connectivity index (χ3n) is 5.21. The van der Waals surface area contributed by atoms with E-state index in [1.165, 1.54) is 6.07 Å². The Morgan fingerprint density at radius 3 is 2.77 bits per heavy atom. The minimum Gasteiger partial charge on any atom is -0.436 e. The van der Waals surface area contributed by atoms with Gasteiger partial charge in [0.1, 0.15) is 0 Å². The van der Waals surface area contributed by atoms with E-state index < -0.39 is 5.82 Å². The molecular weight excluding hydrogens is 399 g/mol. The minimum atomic E-state index is -0.515. The number of pyridine rings is 1. The van der Waals surface area contributed by atoms with Gasteiger partial charge in [0, 0.05) is 25.3 Å². The first kappa shape index (κ1) is 21.0. The van der Waals surface area contributed by atoms with Crippen molar-refractivity contribution in [2.24, 2.45) is 0 Å². The summed E-state index contributed by atoms with van der Waals surface area (Å²) in [5.41, 5.74) is 2.78. The van der Waals surface area contributed by atoms with Gasteiger partial charge in [0.25, 0.3) is 5.91 Å². The van der Waals surface area contributed by atoms with Gasteiger partial charge in [-0.25, -0.2) is 14.4 Å². The SMILES string of the molecule is CCCCN1Cn2c(nc(C)c2-c2ccc(Oc3cccc(COC)n3)c(F)c2)C1=O. The number of carbonyl (C=O) groups is 1. The van der Waals surface area contributed by atoms with E-state index in [0.717, 1.165) is 18.5 Å². The van der Waals surface area contributed by atoms with Crippen molar-refractivity contribution in [3.63, 3.8) is 0 Å². The highest BCUT2D eigenvalue weighted by Gasteiger charge is 2.32. The van der Waals surface area contributed by atoms with E-state index in [2.05, 4.69) is 16.9 Å². The third kappa shape index (κ3) is 4.16. The molecule has 0 bridgehead atoms. The number of rotatable bonds is 8. The van der Waals surface area contributed by atoms with Gasteiger partial charge in [-0.3, -0.25) is 4.79 Å². The molecule has 8 heteroatoms. The Balaban J connectivity index is 1.59. The highest BCUT2D eigenvalue weighted by Crippen LogP contribution is 2.33. The van der Waals surface area contributed by atoms with Crippen LogP contribution < -0.4 is 4.74 Å². The number of ether oxygens (including phenoxy) is 2. The lowest BCUT2D eigenvalue weighted by Crippen LogP contribution is -2.26. The van der Waals surface area contributed by atoms with E-state index in [-0.39, 0.29) is 11.7 Å². The lowest BCUT2D eigenvalue weighted by Gasteiger charge is -2.16. The number of imidazole rings is 1. The Morgan fingerprint density at radius 2 is 2.03 bits per heavy atom. The first-order valence-corrected chi connectivity index (χ1v) is 10.3. The Labute approximate surface area is 180 Å². The standard InChI is InChI=1S/C23H25FN4O3/c1-4-5-11-27-14-28-21(15(2)25-22(28)23(27)29)16-9-10-19(18(24)12-16)31-20-8-6-7-17(26-20)13-30-3/h6-10,12H,4-5,11,13-14H2,1-3H3. The topological polar surface area (TPSA) is 69.5 Å². The quantitative estimate of drug-likeness (QED) is 0.531. The van der Waals surface area contributed by atoms with Gasteiger partial charge in [0.2, 0.25) is 11.7 Å². The second-order valence-electron chi connectivity index (χ2n) is 7.51. The number of hydrogen-bond donors (Lipinski definition) is 0. The molecule has 3 aromatic rings. The highest BCUT2D eigenvalue weighted by atomic mass is 19.1. The summed E-state index contributed by atoms with van der Waals surface area (Å²) < 4.78 is 27.5. The monoisotopic (exact) mass is 424 g/mol. The number of methoxy groups -OCH3 is 1. The summed E-state index contributed by atoms with van der Waals surface area (Å²) >= 11 is 0. The molecule has 1 aliphatic rings. The molecule has 3 heterocycles. The predicted octanol–water partition coefficient (Wildman–Crippen LogP) is 4.54. The van der Waals surface area contributed by atoms with E-state index >= 15 is 0 Å². The maximum absolute atomic E-state index is 14.9. The minimum absolute atomic E-state index is 0.0743. The molecule has 0 aliphatic carbocycles. The maximum Gasteiger partial charge on any atom is 0.291 e. The summed E-state index contributed by atoms with van der Waals surface area (Å²) in [5, 5.41) is 0. The smallest absolute Gasteiger partial charge is 0.291 e. The Bertz CT molecular complexity index is 1110. The first-order chi connectivity index (χ1) is 15.0. The predicted molar refractivity (Wildman–Crippen MR) is 113 cm³/mol. The summed E-state index contributed by atoms with van der Waals surface area (Å²) in [6.07, 6.45) is 1.94. The molecule has 7 nitrogen and oxygen atoms in total. The van der Waals surface area contributed by atoms with Crippen LogP contribution in [0, 0.1) is 12.7 Å². The van der Waals surface area contributed by atoms with Gasteiger partial charge < -0.3 is 18.9 Å². The highest BCUT2D eigenvalue weighted by molar-refractivity contribution is 5.94. The zero-order chi connectivity index (χ0) is 22.0. The van der Waals surface area contributed by atoms with Crippen molar-refractivity contribution in [3.8, 4) is 22.9 Å². The van der Waals surface area contributed by atoms with Crippen molar-refractivity contribution < 1.29 is 18.7 Å². The number of aryl methyl sites for hydroxylation is 1. The molecule has 0 saturated heterocycles. The Morgan fingerprint density at radius 1 is 1.19 bits per heavy atom. The summed E-state index contributed by atoms with van der Waals surface area (Å²) in [6.45, 7) is 5.38. The Kier molecular flexibility index (Phi) is 5.99. The summed E-state index contributed by atoms with van der Waals surface area (Å²) in [5.74, 6) is 0.178. The molecular formula is C23H25FN4O3. The zero-order valence-corrected chi connectivity index (χ0v) is 17.9. The van der Waals surface area contributed by atoms with E-state index in [4.69, 9.17) is 9.47 Å². The Hall–Kier alpha value is -3.26. The fourth-order valence-electron chi connectivity index (χ4n) is 3.72. The zero-order valence-electron chi connectivity index (χ0n) is 17.9. The molecule has 0 saturated carbocycles. The number of fused-ring (bicyclic) bond motifs is 1. The van der Waals surface area contributed by atoms with E-state index in [0.29, 0.717) is 48.5 Å². The van der Waals surface area contributed by atoms with Crippen molar-refractivity contribution in [1.82, 2.24) is 19.4 Å². The van der Waals surface area contributed by atoms with Crippen LogP contribution in [0.3, 0.4) is 0 Å². The lowest BCUT2D eigenvalue weighted by atomic mass is 10.1. The van der Waals surface area contributed by atoms with Crippen molar-refractivity contribution in [2.45, 2.75) is 40.0 Å². The van der Waals surface area contributed by atoms with Crippen LogP contribution in [0.25, 0.3) is 11.3 Å². The molecule has 31 heavy (non-hydrogen) atoms. The molecule has 0 atom stereocenters. The van der Waals surface area contributed by atoms with Gasteiger partial charge >= 0.3 is 0 Å². The van der Waals surface area contributed by atoms with Crippen LogP contribution in [-0.2, 0) is 18.0 Å². The van der Waals surface area contributed by atoms with E-state index in [9.17, 15) is 9.18 Å². The van der Waals surface area contributed by atoms with Crippen LogP contribution in [0.5, 0.6) is 11.6 Å². The maximum atomic E-state index is 14.9. The molecule has 1 aliphatic heterocycles. The second kappa shape index (κ2) is 8.85. The largest absolute Gasteiger partial charge is 0.436 e. The van der Waals surface area contributed by atoms with Crippen LogP contribution in [0.4, 0.5) is 4.39 Å². The number of hydrogen-bond acceptors (Lipinski definition) is 5. The molecule has 1 aromatic carbocycles. The molecule has 0 N–H and O–H groups in total. The average Bonchev–Trinajstić information content (AvgIpc) is 3.23. The molecule has 0 unspecified atom stereocenters. The van der Waals surface area contributed by atoms with Gasteiger partial charge in [-0.15, -0.1) is 0 Å². The number of amides is 1. The van der Waals surface area contributed by atoms with Crippen molar-refractivity contribution in [1.29, 1.82) is 0 Å². The normalized spacial score (nSPS) is 13.0. The molecule has 162 valence electrons. The van der Waals surface area contributed by atoms with Crippen molar-refractivity contribution in [3.05, 3.63) is 59.4 Å². The van der Waals surface area contributed by atoms with Gasteiger partial charge in [-0.2, -0.15) is 0 Å². The fraction of sp³-hybridized carbons (Fsp3) is 0.348. The molecule has 4 rings (SSSR count). The molecule has 2 aromatic heterocycles. The number of unbranched alkanes of at least 4 members (excludes halogenated alkanes) is 1. The van der Waals surface area contributed by atoms with Gasteiger partial charge in [-0.05, 0) is 37.6 Å². The van der Waals surface area contributed by atoms with Crippen LogP contribution in [-0.4, -0.2) is 39.0 Å². The van der Waals surface area contributed by atoms with Crippen LogP contribution in [0.2, 0.25) is 0 Å². The molecule has 1 amide bonds. The second-order valence-corrected chi connectivity index (χ2v) is 7.51. The summed E-state index contributed by atoms with van der Waals surface area (Å²) in [4.78, 5) is 23.2. The van der Waals surface area contributed by atoms with Gasteiger partial charge in [0.05, 0.1) is 30.4 Å². The van der Waals surface area contributed by atoms with Crippen LogP contribution in [0.15, 0.2) is 36.4 Å². The van der Waals surface area contributed by atoms with Gasteiger partial charge in [0.15, 0.2) is 11.6 Å². The van der Waals surface area contributed by atoms with E-state index in [1.54, 1.807) is 36.3 Å². The molecule has 0 spiro atoms. The van der Waals surface area contributed by atoms with Crippen LogP contribution >= 0.6 is 0 Å². The number of halogens is 1.